The van der Waals surface area contributed by atoms with Crippen molar-refractivity contribution in [2.45, 2.75) is 0 Å². The fourth-order valence-electron chi connectivity index (χ4n) is 0.376. The third kappa shape index (κ3) is 22.4. The quantitative estimate of drug-likeness (QED) is 0.522. The molecule has 0 saturated heterocycles. The van der Waals surface area contributed by atoms with Gasteiger partial charge in [-0.1, -0.05) is 24.8 Å². The van der Waals surface area contributed by atoms with Crippen LogP contribution in [0.4, 0.5) is 4.79 Å². The van der Waals surface area contributed by atoms with Crippen LogP contribution in [0.1, 0.15) is 0 Å². The minimum absolute atomic E-state index is 0.190. The van der Waals surface area contributed by atoms with Gasteiger partial charge in [-0.3, -0.25) is 0 Å². The van der Waals surface area contributed by atoms with Gasteiger partial charge in [0.2, 0.25) is 0 Å². The minimum atomic E-state index is -0.764. The molecule has 0 aliphatic heterocycles. The van der Waals surface area contributed by atoms with Crippen LogP contribution in [0.25, 0.3) is 0 Å². The zero-order valence-electron chi connectivity index (χ0n) is 8.28. The molecule has 0 fully saturated rings. The zero-order chi connectivity index (χ0) is 11.2. The summed E-state index contributed by atoms with van der Waals surface area (Å²) in [6.07, 6.45) is 4.11. The van der Waals surface area contributed by atoms with Crippen LogP contribution in [-0.2, 0) is 9.47 Å². The Morgan fingerprint density at radius 2 is 1.50 bits per heavy atom. The summed E-state index contributed by atoms with van der Waals surface area (Å²) in [6.45, 7) is 11.7. The molecule has 0 unspecified atom stereocenters. The lowest BCUT2D eigenvalue weighted by Crippen LogP contribution is -2.12. The number of hydrogen-bond acceptors (Lipinski definition) is 3. The van der Waals surface area contributed by atoms with Gasteiger partial charge >= 0.3 is 6.09 Å². The Balaban J connectivity index is 0. The Morgan fingerprint density at radius 3 is 1.71 bits per heavy atom. The number of amides is 1. The van der Waals surface area contributed by atoms with Gasteiger partial charge in [0.05, 0.1) is 13.2 Å². The first-order valence-corrected chi connectivity index (χ1v) is 4.01. The maximum atomic E-state index is 9.71. The molecule has 0 rings (SSSR count). The topological polar surface area (TPSA) is 61.5 Å². The molecular formula is C10H17NO3. The lowest BCUT2D eigenvalue weighted by Gasteiger charge is -1.90. The Kier molecular flexibility index (Phi) is 14.9. The van der Waals surface area contributed by atoms with Crippen molar-refractivity contribution >= 4 is 6.09 Å². The number of hydrogen-bond donors (Lipinski definition) is 1. The van der Waals surface area contributed by atoms with E-state index in [0.717, 1.165) is 0 Å². The third-order valence-corrected chi connectivity index (χ3v) is 0.815. The van der Waals surface area contributed by atoms with Crippen molar-refractivity contribution in [1.29, 1.82) is 0 Å². The van der Waals surface area contributed by atoms with Crippen molar-refractivity contribution in [3.05, 3.63) is 38.0 Å². The van der Waals surface area contributed by atoms with Gasteiger partial charge in [0.25, 0.3) is 0 Å². The number of carbonyl (C=O) groups is 1. The van der Waals surface area contributed by atoms with E-state index >= 15 is 0 Å². The monoisotopic (exact) mass is 199 g/mol. The smallest absolute Gasteiger partial charge is 0.404 e. The SMILES string of the molecule is C=CCOC(N)=O.C=CCOCC=C. The number of primary amides is 1. The molecule has 80 valence electrons. The maximum Gasteiger partial charge on any atom is 0.404 e. The predicted octanol–water partition coefficient (Wildman–Crippen LogP) is 1.64. The summed E-state index contributed by atoms with van der Waals surface area (Å²) in [5.41, 5.74) is 4.57. The van der Waals surface area contributed by atoms with E-state index in [9.17, 15) is 4.79 Å². The Hall–Kier alpha value is -1.55. The largest absolute Gasteiger partial charge is 0.445 e. The van der Waals surface area contributed by atoms with Crippen LogP contribution in [0.2, 0.25) is 0 Å². The average Bonchev–Trinajstić information content (AvgIpc) is 2.16. The molecule has 0 heterocycles. The molecule has 1 amide bonds. The summed E-state index contributed by atoms with van der Waals surface area (Å²) in [5, 5.41) is 0. The molecule has 0 radical (unpaired) electrons. The van der Waals surface area contributed by atoms with Crippen LogP contribution in [0.3, 0.4) is 0 Å². The van der Waals surface area contributed by atoms with Crippen molar-refractivity contribution < 1.29 is 14.3 Å². The fourth-order valence-corrected chi connectivity index (χ4v) is 0.376. The molecule has 0 bridgehead atoms. The molecule has 2 N–H and O–H groups in total. The van der Waals surface area contributed by atoms with E-state index in [1.165, 1.54) is 6.08 Å². The molecule has 4 nitrogen and oxygen atoms in total. The van der Waals surface area contributed by atoms with Crippen LogP contribution >= 0.6 is 0 Å². The van der Waals surface area contributed by atoms with Gasteiger partial charge in [-0.15, -0.1) is 13.2 Å². The van der Waals surface area contributed by atoms with Gasteiger partial charge < -0.3 is 15.2 Å². The van der Waals surface area contributed by atoms with Gasteiger partial charge in [-0.05, 0) is 0 Å². The first-order valence-electron chi connectivity index (χ1n) is 4.01. The second kappa shape index (κ2) is 14.0. The maximum absolute atomic E-state index is 9.71. The standard InChI is InChI=1S/C6H10O.C4H7NO2/c1-3-5-7-6-4-2;1-2-3-7-4(5)6/h3-4H,1-2,5-6H2;2H,1,3H2,(H2,5,6). The van der Waals surface area contributed by atoms with E-state index in [0.29, 0.717) is 13.2 Å². The van der Waals surface area contributed by atoms with Crippen LogP contribution in [-0.4, -0.2) is 25.9 Å². The molecule has 0 aromatic carbocycles. The molecule has 0 aliphatic carbocycles. The van der Waals surface area contributed by atoms with Crippen LogP contribution in [0, 0.1) is 0 Å². The third-order valence-electron chi connectivity index (χ3n) is 0.815. The minimum Gasteiger partial charge on any atom is -0.445 e. The fraction of sp³-hybridized carbons (Fsp3) is 0.300. The molecule has 0 aromatic heterocycles. The van der Waals surface area contributed by atoms with Crippen molar-refractivity contribution in [3.63, 3.8) is 0 Å². The van der Waals surface area contributed by atoms with E-state index in [2.05, 4.69) is 30.2 Å². The van der Waals surface area contributed by atoms with Gasteiger partial charge in [-0.25, -0.2) is 4.79 Å². The summed E-state index contributed by atoms with van der Waals surface area (Å²) < 4.78 is 9.11. The van der Waals surface area contributed by atoms with Crippen molar-refractivity contribution in [1.82, 2.24) is 0 Å². The second-order valence-corrected chi connectivity index (χ2v) is 2.03. The molecule has 0 aliphatic rings. The zero-order valence-corrected chi connectivity index (χ0v) is 8.28. The predicted molar refractivity (Wildman–Crippen MR) is 56.9 cm³/mol. The lowest BCUT2D eigenvalue weighted by molar-refractivity contribution is 0.169. The van der Waals surface area contributed by atoms with Crippen molar-refractivity contribution in [3.8, 4) is 0 Å². The second-order valence-electron chi connectivity index (χ2n) is 2.03. The molecule has 0 saturated carbocycles. The van der Waals surface area contributed by atoms with Gasteiger partial charge in [-0.2, -0.15) is 0 Å². The Morgan fingerprint density at radius 1 is 1.07 bits per heavy atom. The van der Waals surface area contributed by atoms with Crippen LogP contribution in [0.5, 0.6) is 0 Å². The van der Waals surface area contributed by atoms with E-state index < -0.39 is 6.09 Å². The molecule has 0 aromatic rings. The highest BCUT2D eigenvalue weighted by Gasteiger charge is 1.84. The van der Waals surface area contributed by atoms with Gasteiger partial charge in [0, 0.05) is 0 Å². The van der Waals surface area contributed by atoms with Crippen molar-refractivity contribution in [2.75, 3.05) is 19.8 Å². The molecule has 4 heteroatoms. The Bertz CT molecular complexity index is 170. The van der Waals surface area contributed by atoms with E-state index in [1.54, 1.807) is 12.2 Å². The molecule has 0 spiro atoms. The highest BCUT2D eigenvalue weighted by atomic mass is 16.5. The van der Waals surface area contributed by atoms with Gasteiger partial charge in [0.1, 0.15) is 6.61 Å². The average molecular weight is 199 g/mol. The number of carbonyl (C=O) groups excluding carboxylic acids is 1. The van der Waals surface area contributed by atoms with Crippen LogP contribution < -0.4 is 5.73 Å². The summed E-state index contributed by atoms with van der Waals surface area (Å²) in [4.78, 5) is 9.71. The molecular weight excluding hydrogens is 182 g/mol. The van der Waals surface area contributed by atoms with E-state index in [4.69, 9.17) is 4.74 Å². The van der Waals surface area contributed by atoms with Crippen LogP contribution in [0.15, 0.2) is 38.0 Å². The first-order chi connectivity index (χ1) is 6.68. The van der Waals surface area contributed by atoms with Gasteiger partial charge in [0.15, 0.2) is 0 Å². The van der Waals surface area contributed by atoms with Crippen molar-refractivity contribution in [2.24, 2.45) is 5.73 Å². The Labute approximate surface area is 84.7 Å². The highest BCUT2D eigenvalue weighted by Crippen LogP contribution is 1.72. The van der Waals surface area contributed by atoms with E-state index in [1.807, 2.05) is 0 Å². The number of rotatable bonds is 6. The van der Waals surface area contributed by atoms with E-state index in [-0.39, 0.29) is 6.61 Å². The normalized spacial score (nSPS) is 7.71. The number of nitrogens with two attached hydrogens (primary N) is 1. The molecule has 0 atom stereocenters. The lowest BCUT2D eigenvalue weighted by atomic mass is 10.6. The number of ether oxygens (including phenoxy) is 2. The highest BCUT2D eigenvalue weighted by molar-refractivity contribution is 5.64. The summed E-state index contributed by atoms with van der Waals surface area (Å²) >= 11 is 0. The molecule has 14 heavy (non-hydrogen) atoms. The summed E-state index contributed by atoms with van der Waals surface area (Å²) in [5.74, 6) is 0. The summed E-state index contributed by atoms with van der Waals surface area (Å²) in [7, 11) is 0. The first kappa shape index (κ1) is 14.9. The summed E-state index contributed by atoms with van der Waals surface area (Å²) in [6, 6.07) is 0.